The van der Waals surface area contributed by atoms with Crippen molar-refractivity contribution in [2.75, 3.05) is 17.3 Å². The standard InChI is InChI=1S/C19H17N3O3S2/c1-12-8-13-4-2-3-5-15(13)22(12)16(23)9-25-17(24)10-27-19-14-6-7-26-18(14)20-11-21-19/h2-7,11-12H,8-10H2,1H3/t12-/m0/s1. The van der Waals surface area contributed by atoms with E-state index in [0.717, 1.165) is 32.9 Å². The van der Waals surface area contributed by atoms with Crippen molar-refractivity contribution in [1.29, 1.82) is 0 Å². The molecule has 0 N–H and O–H groups in total. The van der Waals surface area contributed by atoms with Crippen LogP contribution < -0.4 is 4.90 Å². The van der Waals surface area contributed by atoms with Crippen molar-refractivity contribution < 1.29 is 14.3 Å². The molecule has 0 saturated carbocycles. The molecule has 0 spiro atoms. The third kappa shape index (κ3) is 3.68. The fraction of sp³-hybridized carbons (Fsp3) is 0.263. The third-order valence-corrected chi connectivity index (χ3v) is 6.18. The molecule has 8 heteroatoms. The molecule has 4 rings (SSSR count). The van der Waals surface area contributed by atoms with E-state index in [4.69, 9.17) is 4.74 Å². The van der Waals surface area contributed by atoms with Gasteiger partial charge in [-0.1, -0.05) is 30.0 Å². The van der Waals surface area contributed by atoms with Gasteiger partial charge in [-0.2, -0.15) is 0 Å². The predicted octanol–water partition coefficient (Wildman–Crippen LogP) is 3.30. The number of ether oxygens (including phenoxy) is 1. The summed E-state index contributed by atoms with van der Waals surface area (Å²) >= 11 is 2.82. The van der Waals surface area contributed by atoms with Crippen LogP contribution in [0.25, 0.3) is 10.2 Å². The number of para-hydroxylation sites is 1. The normalized spacial score (nSPS) is 15.7. The Morgan fingerprint density at radius 1 is 1.30 bits per heavy atom. The molecule has 0 radical (unpaired) electrons. The molecule has 0 saturated heterocycles. The number of esters is 1. The van der Waals surface area contributed by atoms with Gasteiger partial charge in [0.25, 0.3) is 5.91 Å². The fourth-order valence-corrected chi connectivity index (χ4v) is 4.79. The van der Waals surface area contributed by atoms with E-state index in [9.17, 15) is 9.59 Å². The van der Waals surface area contributed by atoms with Gasteiger partial charge in [0.1, 0.15) is 16.2 Å². The molecule has 0 bridgehead atoms. The lowest BCUT2D eigenvalue weighted by Gasteiger charge is -2.22. The minimum atomic E-state index is -0.435. The maximum atomic E-state index is 12.6. The topological polar surface area (TPSA) is 72.4 Å². The first-order valence-electron chi connectivity index (χ1n) is 8.50. The number of amides is 1. The van der Waals surface area contributed by atoms with Crippen molar-refractivity contribution in [3.63, 3.8) is 0 Å². The van der Waals surface area contributed by atoms with Gasteiger partial charge < -0.3 is 9.64 Å². The monoisotopic (exact) mass is 399 g/mol. The number of anilines is 1. The number of nitrogens with zero attached hydrogens (tertiary/aromatic N) is 3. The number of benzene rings is 1. The smallest absolute Gasteiger partial charge is 0.316 e. The van der Waals surface area contributed by atoms with Gasteiger partial charge in [-0.3, -0.25) is 9.59 Å². The van der Waals surface area contributed by atoms with Crippen LogP contribution in [0.2, 0.25) is 0 Å². The van der Waals surface area contributed by atoms with Gasteiger partial charge >= 0.3 is 5.97 Å². The van der Waals surface area contributed by atoms with E-state index in [1.807, 2.05) is 42.6 Å². The highest BCUT2D eigenvalue weighted by Crippen LogP contribution is 2.32. The van der Waals surface area contributed by atoms with Crippen molar-refractivity contribution in [1.82, 2.24) is 9.97 Å². The number of carbonyl (C=O) groups excluding carboxylic acids is 2. The van der Waals surface area contributed by atoms with Crippen LogP contribution >= 0.6 is 23.1 Å². The van der Waals surface area contributed by atoms with Gasteiger partial charge in [0.05, 0.1) is 5.75 Å². The molecule has 138 valence electrons. The van der Waals surface area contributed by atoms with Crippen LogP contribution in [0.3, 0.4) is 0 Å². The van der Waals surface area contributed by atoms with Gasteiger partial charge in [0, 0.05) is 17.1 Å². The Morgan fingerprint density at radius 3 is 3.04 bits per heavy atom. The molecule has 1 amide bonds. The molecular formula is C19H17N3O3S2. The van der Waals surface area contributed by atoms with Crippen LogP contribution in [0, 0.1) is 0 Å². The Morgan fingerprint density at radius 2 is 2.15 bits per heavy atom. The molecule has 1 atom stereocenters. The minimum Gasteiger partial charge on any atom is -0.455 e. The van der Waals surface area contributed by atoms with E-state index >= 15 is 0 Å². The van der Waals surface area contributed by atoms with E-state index in [1.54, 1.807) is 4.90 Å². The molecule has 1 aromatic carbocycles. The number of thioether (sulfide) groups is 1. The summed E-state index contributed by atoms with van der Waals surface area (Å²) in [7, 11) is 0. The molecular weight excluding hydrogens is 382 g/mol. The first kappa shape index (κ1) is 17.9. The number of hydrogen-bond acceptors (Lipinski definition) is 7. The molecule has 1 aliphatic rings. The first-order chi connectivity index (χ1) is 13.1. The minimum absolute atomic E-state index is 0.0656. The van der Waals surface area contributed by atoms with Gasteiger partial charge in [-0.15, -0.1) is 11.3 Å². The van der Waals surface area contributed by atoms with Crippen LogP contribution in [0.4, 0.5) is 5.69 Å². The molecule has 27 heavy (non-hydrogen) atoms. The largest absolute Gasteiger partial charge is 0.455 e. The second-order valence-corrected chi connectivity index (χ2v) is 8.07. The van der Waals surface area contributed by atoms with Gasteiger partial charge in [-0.05, 0) is 36.4 Å². The average molecular weight is 399 g/mol. The lowest BCUT2D eigenvalue weighted by molar-refractivity contribution is -0.145. The fourth-order valence-electron chi connectivity index (χ4n) is 3.21. The van der Waals surface area contributed by atoms with Crippen LogP contribution in [0.5, 0.6) is 0 Å². The van der Waals surface area contributed by atoms with Gasteiger partial charge in [0.2, 0.25) is 0 Å². The lowest BCUT2D eigenvalue weighted by atomic mass is 10.1. The van der Waals surface area contributed by atoms with Gasteiger partial charge in [-0.25, -0.2) is 9.97 Å². The summed E-state index contributed by atoms with van der Waals surface area (Å²) in [6.45, 7) is 1.74. The zero-order valence-corrected chi connectivity index (χ0v) is 16.3. The second-order valence-electron chi connectivity index (χ2n) is 6.21. The Kier molecular flexibility index (Phi) is 5.09. The quantitative estimate of drug-likeness (QED) is 0.372. The van der Waals surface area contributed by atoms with Crippen LogP contribution in [-0.2, 0) is 20.7 Å². The summed E-state index contributed by atoms with van der Waals surface area (Å²) in [4.78, 5) is 35.7. The molecule has 0 unspecified atom stereocenters. The van der Waals surface area contributed by atoms with E-state index in [2.05, 4.69) is 9.97 Å². The Labute approximate surface area is 164 Å². The number of aromatic nitrogens is 2. The number of rotatable bonds is 5. The van der Waals surface area contributed by atoms with Gasteiger partial charge in [0.15, 0.2) is 6.61 Å². The molecule has 0 fully saturated rings. The summed E-state index contributed by atoms with van der Waals surface area (Å²) < 4.78 is 5.20. The average Bonchev–Trinajstić information content (AvgIpc) is 3.28. The molecule has 3 heterocycles. The SMILES string of the molecule is C[C@H]1Cc2ccccc2N1C(=O)COC(=O)CSc1ncnc2sccc12. The van der Waals surface area contributed by atoms with E-state index in [0.29, 0.717) is 0 Å². The van der Waals surface area contributed by atoms with Crippen molar-refractivity contribution in [2.45, 2.75) is 24.4 Å². The highest BCUT2D eigenvalue weighted by molar-refractivity contribution is 8.00. The summed E-state index contributed by atoms with van der Waals surface area (Å²) in [5.74, 6) is -0.537. The zero-order valence-electron chi connectivity index (χ0n) is 14.6. The maximum absolute atomic E-state index is 12.6. The second kappa shape index (κ2) is 7.66. The number of fused-ring (bicyclic) bond motifs is 2. The van der Waals surface area contributed by atoms with Crippen molar-refractivity contribution >= 4 is 50.9 Å². The third-order valence-electron chi connectivity index (χ3n) is 4.38. The van der Waals surface area contributed by atoms with E-state index < -0.39 is 5.97 Å². The highest BCUT2D eigenvalue weighted by Gasteiger charge is 2.30. The summed E-state index contributed by atoms with van der Waals surface area (Å²) in [6.07, 6.45) is 2.30. The Hall–Kier alpha value is -2.45. The van der Waals surface area contributed by atoms with Crippen LogP contribution in [0.1, 0.15) is 12.5 Å². The van der Waals surface area contributed by atoms with Crippen molar-refractivity contribution in [2.24, 2.45) is 0 Å². The highest BCUT2D eigenvalue weighted by atomic mass is 32.2. The van der Waals surface area contributed by atoms with Crippen LogP contribution in [0.15, 0.2) is 47.1 Å². The van der Waals surface area contributed by atoms with Crippen molar-refractivity contribution in [3.8, 4) is 0 Å². The summed E-state index contributed by atoms with van der Waals surface area (Å²) in [5, 5.41) is 3.61. The maximum Gasteiger partial charge on any atom is 0.316 e. The molecule has 1 aliphatic heterocycles. The number of hydrogen-bond donors (Lipinski definition) is 0. The Bertz CT molecular complexity index is 1000. The summed E-state index contributed by atoms with van der Waals surface area (Å²) in [6, 6.07) is 9.82. The molecule has 2 aromatic heterocycles. The Balaban J connectivity index is 1.33. The van der Waals surface area contributed by atoms with E-state index in [1.165, 1.54) is 29.4 Å². The van der Waals surface area contributed by atoms with Crippen LogP contribution in [-0.4, -0.2) is 40.2 Å². The van der Waals surface area contributed by atoms with Crippen molar-refractivity contribution in [3.05, 3.63) is 47.6 Å². The number of carbonyl (C=O) groups is 2. The summed E-state index contributed by atoms with van der Waals surface area (Å²) in [5.41, 5.74) is 2.05. The lowest BCUT2D eigenvalue weighted by Crippen LogP contribution is -2.38. The van der Waals surface area contributed by atoms with E-state index in [-0.39, 0.29) is 24.3 Å². The molecule has 0 aliphatic carbocycles. The number of thiophene rings is 1. The molecule has 3 aromatic rings. The zero-order chi connectivity index (χ0) is 18.8. The molecule has 6 nitrogen and oxygen atoms in total. The predicted molar refractivity (Wildman–Crippen MR) is 106 cm³/mol. The first-order valence-corrected chi connectivity index (χ1v) is 10.4.